The molecule has 4 aromatic rings. The number of anilines is 1. The molecule has 1 amide bonds. The molecule has 1 N–H and O–H groups in total. The lowest BCUT2D eigenvalue weighted by molar-refractivity contribution is -0.115. The van der Waals surface area contributed by atoms with E-state index < -0.39 is 0 Å². The number of fused-ring (bicyclic) bond motifs is 1. The molecule has 28 heavy (non-hydrogen) atoms. The molecule has 0 spiro atoms. The average Bonchev–Trinajstić information content (AvgIpc) is 3.44. The summed E-state index contributed by atoms with van der Waals surface area (Å²) in [4.78, 5) is 12.7. The van der Waals surface area contributed by atoms with Crippen LogP contribution in [-0.4, -0.2) is 26.1 Å². The van der Waals surface area contributed by atoms with Crippen LogP contribution in [0, 0.1) is 0 Å². The first-order valence-corrected chi connectivity index (χ1v) is 9.43. The molecule has 0 atom stereocenters. The number of tetrazole rings is 1. The van der Waals surface area contributed by atoms with Gasteiger partial charge in [-0.2, -0.15) is 0 Å². The van der Waals surface area contributed by atoms with Gasteiger partial charge in [0, 0.05) is 11.3 Å². The lowest BCUT2D eigenvalue weighted by Gasteiger charge is -2.09. The van der Waals surface area contributed by atoms with Crippen molar-refractivity contribution in [3.8, 4) is 11.4 Å². The second-order valence-electron chi connectivity index (χ2n) is 7.12. The van der Waals surface area contributed by atoms with Crippen LogP contribution in [0.15, 0.2) is 66.7 Å². The normalized spacial score (nSPS) is 13.6. The summed E-state index contributed by atoms with van der Waals surface area (Å²) in [5.74, 6) is 0.697. The molecule has 1 fully saturated rings. The summed E-state index contributed by atoms with van der Waals surface area (Å²) in [6.07, 6.45) is 2.55. The quantitative estimate of drug-likeness (QED) is 0.577. The van der Waals surface area contributed by atoms with Gasteiger partial charge in [0.25, 0.3) is 0 Å². The molecule has 0 unspecified atom stereocenters. The number of nitrogens with one attached hydrogen (secondary N) is 1. The van der Waals surface area contributed by atoms with E-state index in [1.54, 1.807) is 0 Å². The fraction of sp³-hybridized carbons (Fsp3) is 0.182. The molecule has 5 rings (SSSR count). The van der Waals surface area contributed by atoms with E-state index in [1.807, 2.05) is 53.2 Å². The van der Waals surface area contributed by atoms with Crippen LogP contribution in [0.5, 0.6) is 0 Å². The minimum absolute atomic E-state index is 0.0460. The number of amides is 1. The fourth-order valence-corrected chi connectivity index (χ4v) is 3.51. The Kier molecular flexibility index (Phi) is 4.09. The van der Waals surface area contributed by atoms with Gasteiger partial charge in [0.2, 0.25) is 5.91 Å². The fourth-order valence-electron chi connectivity index (χ4n) is 3.51. The minimum atomic E-state index is -0.0460. The zero-order chi connectivity index (χ0) is 18.9. The first-order valence-electron chi connectivity index (χ1n) is 9.43. The number of benzene rings is 3. The predicted octanol–water partition coefficient (Wildman–Crippen LogP) is 4.01. The SMILES string of the molecule is O=C(Cc1cccc2ccccc12)Nc1cccc(-c2nnnn2C2CC2)c1. The molecule has 1 aromatic heterocycles. The summed E-state index contributed by atoms with van der Waals surface area (Å²) >= 11 is 0. The number of carbonyl (C=O) groups excluding carboxylic acids is 1. The maximum Gasteiger partial charge on any atom is 0.228 e. The molecule has 6 nitrogen and oxygen atoms in total. The van der Waals surface area contributed by atoms with Crippen LogP contribution in [0.1, 0.15) is 24.4 Å². The first-order chi connectivity index (χ1) is 13.8. The van der Waals surface area contributed by atoms with E-state index in [0.717, 1.165) is 46.3 Å². The first kappa shape index (κ1) is 16.6. The number of nitrogens with zero attached hydrogens (tertiary/aromatic N) is 4. The predicted molar refractivity (Wildman–Crippen MR) is 108 cm³/mol. The van der Waals surface area contributed by atoms with Gasteiger partial charge in [0.15, 0.2) is 5.82 Å². The smallest absolute Gasteiger partial charge is 0.228 e. The van der Waals surface area contributed by atoms with Crippen LogP contribution in [0.25, 0.3) is 22.2 Å². The summed E-state index contributed by atoms with van der Waals surface area (Å²) in [5, 5.41) is 17.3. The standard InChI is InChI=1S/C22H19N5O/c28-21(14-16-7-3-6-15-5-1-2-10-20(15)16)23-18-9-4-8-17(13-18)22-24-25-26-27(22)19-11-12-19/h1-10,13,19H,11-12,14H2,(H,23,28). The maximum absolute atomic E-state index is 12.7. The van der Waals surface area contributed by atoms with Crippen molar-refractivity contribution in [3.63, 3.8) is 0 Å². The molecule has 6 heteroatoms. The molecule has 1 aliphatic carbocycles. The Morgan fingerprint density at radius 2 is 1.86 bits per heavy atom. The highest BCUT2D eigenvalue weighted by Gasteiger charge is 2.28. The third kappa shape index (κ3) is 3.24. The van der Waals surface area contributed by atoms with Gasteiger partial charge in [0.05, 0.1) is 12.5 Å². The topological polar surface area (TPSA) is 72.7 Å². The second-order valence-corrected chi connectivity index (χ2v) is 7.12. The largest absolute Gasteiger partial charge is 0.326 e. The number of carbonyl (C=O) groups is 1. The Balaban J connectivity index is 1.36. The Labute approximate surface area is 162 Å². The summed E-state index contributed by atoms with van der Waals surface area (Å²) < 4.78 is 1.87. The van der Waals surface area contributed by atoms with Crippen molar-refractivity contribution >= 4 is 22.4 Å². The van der Waals surface area contributed by atoms with E-state index in [-0.39, 0.29) is 5.91 Å². The Morgan fingerprint density at radius 3 is 2.75 bits per heavy atom. The summed E-state index contributed by atoms with van der Waals surface area (Å²) in [6.45, 7) is 0. The third-order valence-electron chi connectivity index (χ3n) is 5.02. The van der Waals surface area contributed by atoms with Crippen molar-refractivity contribution in [2.75, 3.05) is 5.32 Å². The molecule has 3 aromatic carbocycles. The molecule has 1 aliphatic rings. The number of hydrogen-bond acceptors (Lipinski definition) is 4. The van der Waals surface area contributed by atoms with Gasteiger partial charge in [-0.1, -0.05) is 54.6 Å². The van der Waals surface area contributed by atoms with E-state index in [0.29, 0.717) is 12.5 Å². The van der Waals surface area contributed by atoms with Crippen molar-refractivity contribution < 1.29 is 4.79 Å². The van der Waals surface area contributed by atoms with Crippen LogP contribution in [0.2, 0.25) is 0 Å². The number of hydrogen-bond donors (Lipinski definition) is 1. The highest BCUT2D eigenvalue weighted by molar-refractivity contribution is 5.96. The Bertz CT molecular complexity index is 1160. The van der Waals surface area contributed by atoms with Gasteiger partial charge in [-0.05, 0) is 51.7 Å². The van der Waals surface area contributed by atoms with Gasteiger partial charge in [-0.3, -0.25) is 4.79 Å². The molecule has 0 aliphatic heterocycles. The van der Waals surface area contributed by atoms with Crippen molar-refractivity contribution in [3.05, 3.63) is 72.3 Å². The summed E-state index contributed by atoms with van der Waals surface area (Å²) in [6, 6.07) is 22.2. The molecule has 1 saturated carbocycles. The van der Waals surface area contributed by atoms with Gasteiger partial charge in [0.1, 0.15) is 0 Å². The van der Waals surface area contributed by atoms with Crippen molar-refractivity contribution in [2.45, 2.75) is 25.3 Å². The minimum Gasteiger partial charge on any atom is -0.326 e. The zero-order valence-electron chi connectivity index (χ0n) is 15.2. The summed E-state index contributed by atoms with van der Waals surface area (Å²) in [5.41, 5.74) is 2.66. The third-order valence-corrected chi connectivity index (χ3v) is 5.02. The molecule has 1 heterocycles. The van der Waals surface area contributed by atoms with Crippen LogP contribution in [0.4, 0.5) is 5.69 Å². The molecule has 0 saturated heterocycles. The highest BCUT2D eigenvalue weighted by atomic mass is 16.1. The van der Waals surface area contributed by atoms with Crippen LogP contribution >= 0.6 is 0 Å². The lowest BCUT2D eigenvalue weighted by Crippen LogP contribution is -2.14. The maximum atomic E-state index is 12.7. The van der Waals surface area contributed by atoms with Gasteiger partial charge in [-0.15, -0.1) is 5.10 Å². The zero-order valence-corrected chi connectivity index (χ0v) is 15.2. The van der Waals surface area contributed by atoms with E-state index in [1.165, 1.54) is 0 Å². The van der Waals surface area contributed by atoms with E-state index in [2.05, 4.69) is 39.0 Å². The van der Waals surface area contributed by atoms with Crippen LogP contribution in [0.3, 0.4) is 0 Å². The monoisotopic (exact) mass is 369 g/mol. The molecule has 0 bridgehead atoms. The summed E-state index contributed by atoms with van der Waals surface area (Å²) in [7, 11) is 0. The highest BCUT2D eigenvalue weighted by Crippen LogP contribution is 2.36. The molecular weight excluding hydrogens is 350 g/mol. The molecule has 138 valence electrons. The van der Waals surface area contributed by atoms with Gasteiger partial charge in [-0.25, -0.2) is 4.68 Å². The van der Waals surface area contributed by atoms with E-state index >= 15 is 0 Å². The number of rotatable bonds is 5. The van der Waals surface area contributed by atoms with Gasteiger partial charge < -0.3 is 5.32 Å². The van der Waals surface area contributed by atoms with Crippen molar-refractivity contribution in [1.29, 1.82) is 0 Å². The van der Waals surface area contributed by atoms with Crippen LogP contribution < -0.4 is 5.32 Å². The van der Waals surface area contributed by atoms with Crippen LogP contribution in [-0.2, 0) is 11.2 Å². The number of aromatic nitrogens is 4. The Hall–Kier alpha value is -3.54. The van der Waals surface area contributed by atoms with E-state index in [9.17, 15) is 4.79 Å². The Morgan fingerprint density at radius 1 is 1.04 bits per heavy atom. The average molecular weight is 369 g/mol. The molecular formula is C22H19N5O. The molecule has 0 radical (unpaired) electrons. The second kappa shape index (κ2) is 6.88. The van der Waals surface area contributed by atoms with Crippen molar-refractivity contribution in [2.24, 2.45) is 0 Å². The van der Waals surface area contributed by atoms with E-state index in [4.69, 9.17) is 0 Å². The lowest BCUT2D eigenvalue weighted by atomic mass is 10.0. The van der Waals surface area contributed by atoms with Gasteiger partial charge >= 0.3 is 0 Å². The van der Waals surface area contributed by atoms with Crippen molar-refractivity contribution in [1.82, 2.24) is 20.2 Å².